The molecule has 0 bridgehead atoms. The highest BCUT2D eigenvalue weighted by Gasteiger charge is 2.06. The molecule has 2 aromatic carbocycles. The number of aromatic nitrogens is 2. The van der Waals surface area contributed by atoms with Gasteiger partial charge in [-0.3, -0.25) is 0 Å². The number of rotatable bonds is 9. The second-order valence-electron chi connectivity index (χ2n) is 7.34. The normalized spacial score (nSPS) is 11.6. The third kappa shape index (κ3) is 8.27. The van der Waals surface area contributed by atoms with Crippen molar-refractivity contribution in [3.63, 3.8) is 0 Å². The van der Waals surface area contributed by atoms with E-state index in [1.165, 1.54) is 11.8 Å². The first kappa shape index (κ1) is 25.9. The molecule has 0 saturated heterocycles. The van der Waals surface area contributed by atoms with E-state index in [1.807, 2.05) is 36.1 Å². The fourth-order valence-electron chi connectivity index (χ4n) is 3.16. The third-order valence-corrected chi connectivity index (χ3v) is 5.87. The molecule has 0 fully saturated rings. The van der Waals surface area contributed by atoms with Gasteiger partial charge in [0.2, 0.25) is 0 Å². The van der Waals surface area contributed by atoms with Crippen LogP contribution in [0.1, 0.15) is 23.6 Å². The summed E-state index contributed by atoms with van der Waals surface area (Å²) in [4.78, 5) is 9.12. The molecule has 3 rings (SSSR count). The summed E-state index contributed by atoms with van der Waals surface area (Å²) in [6, 6.07) is 15.4. The van der Waals surface area contributed by atoms with Gasteiger partial charge in [-0.1, -0.05) is 36.4 Å². The molecule has 7 nitrogen and oxygen atoms in total. The maximum atomic E-state index is 11.6. The Bertz CT molecular complexity index is 1100. The van der Waals surface area contributed by atoms with E-state index in [0.29, 0.717) is 18.0 Å². The summed E-state index contributed by atoms with van der Waals surface area (Å²) in [7, 11) is -3.16. The number of halogens is 1. The smallest absolute Gasteiger partial charge is 0.191 e. The summed E-state index contributed by atoms with van der Waals surface area (Å²) in [5, 5.41) is 6.61. The van der Waals surface area contributed by atoms with Gasteiger partial charge in [-0.25, -0.2) is 18.4 Å². The van der Waals surface area contributed by atoms with E-state index in [-0.39, 0.29) is 24.0 Å². The van der Waals surface area contributed by atoms with Crippen LogP contribution in [0.15, 0.2) is 77.1 Å². The van der Waals surface area contributed by atoms with Crippen LogP contribution in [0.2, 0.25) is 0 Å². The lowest BCUT2D eigenvalue weighted by atomic mass is 10.1. The molecular formula is C23H30IN5O2S. The zero-order valence-electron chi connectivity index (χ0n) is 18.4. The van der Waals surface area contributed by atoms with Gasteiger partial charge in [-0.2, -0.15) is 0 Å². The Morgan fingerprint density at radius 2 is 1.81 bits per heavy atom. The monoisotopic (exact) mass is 567 g/mol. The highest BCUT2D eigenvalue weighted by Crippen LogP contribution is 2.11. The number of hydrogen-bond acceptors (Lipinski definition) is 4. The number of hydrogen-bond donors (Lipinski definition) is 2. The van der Waals surface area contributed by atoms with Crippen molar-refractivity contribution in [2.45, 2.75) is 31.3 Å². The van der Waals surface area contributed by atoms with Gasteiger partial charge in [-0.05, 0) is 42.2 Å². The quantitative estimate of drug-likeness (QED) is 0.236. The molecule has 9 heteroatoms. The average molecular weight is 567 g/mol. The largest absolute Gasteiger partial charge is 0.357 e. The van der Waals surface area contributed by atoms with Crippen molar-refractivity contribution in [2.24, 2.45) is 4.99 Å². The summed E-state index contributed by atoms with van der Waals surface area (Å²) < 4.78 is 25.2. The van der Waals surface area contributed by atoms with E-state index < -0.39 is 9.84 Å². The molecule has 2 N–H and O–H groups in total. The molecule has 0 amide bonds. The van der Waals surface area contributed by atoms with Gasteiger partial charge in [0.05, 0.1) is 17.8 Å². The number of imidazole rings is 1. The van der Waals surface area contributed by atoms with Crippen LogP contribution < -0.4 is 10.6 Å². The van der Waals surface area contributed by atoms with Crippen molar-refractivity contribution in [3.8, 4) is 0 Å². The predicted octanol–water partition coefficient (Wildman–Crippen LogP) is 3.25. The lowest BCUT2D eigenvalue weighted by Gasteiger charge is -2.12. The number of nitrogens with one attached hydrogen (secondary N) is 2. The lowest BCUT2D eigenvalue weighted by molar-refractivity contribution is 0.602. The van der Waals surface area contributed by atoms with Gasteiger partial charge in [0, 0.05) is 38.3 Å². The highest BCUT2D eigenvalue weighted by molar-refractivity contribution is 14.0. The van der Waals surface area contributed by atoms with Crippen molar-refractivity contribution >= 4 is 39.8 Å². The van der Waals surface area contributed by atoms with Crippen LogP contribution in [-0.4, -0.2) is 43.3 Å². The SMILES string of the molecule is CCNC(=NCc1cccc(Cn2ccnc2)c1)NCCc1ccc(S(C)(=O)=O)cc1.I. The number of sulfone groups is 1. The van der Waals surface area contributed by atoms with E-state index >= 15 is 0 Å². The topological polar surface area (TPSA) is 88.4 Å². The Morgan fingerprint density at radius 3 is 2.47 bits per heavy atom. The molecule has 0 atom stereocenters. The van der Waals surface area contributed by atoms with Crippen LogP contribution in [-0.2, 0) is 29.3 Å². The lowest BCUT2D eigenvalue weighted by Crippen LogP contribution is -2.38. The minimum atomic E-state index is -3.16. The molecule has 0 aliphatic rings. The van der Waals surface area contributed by atoms with Crippen LogP contribution >= 0.6 is 24.0 Å². The van der Waals surface area contributed by atoms with Gasteiger partial charge in [-0.15, -0.1) is 24.0 Å². The van der Waals surface area contributed by atoms with Crippen molar-refractivity contribution in [1.82, 2.24) is 20.2 Å². The molecule has 32 heavy (non-hydrogen) atoms. The minimum Gasteiger partial charge on any atom is -0.357 e. The third-order valence-electron chi connectivity index (χ3n) is 4.74. The Kier molecular flexibility index (Phi) is 10.2. The van der Waals surface area contributed by atoms with E-state index in [2.05, 4.69) is 39.9 Å². The van der Waals surface area contributed by atoms with Crippen LogP contribution in [0.25, 0.3) is 0 Å². The van der Waals surface area contributed by atoms with Gasteiger partial charge >= 0.3 is 0 Å². The maximum Gasteiger partial charge on any atom is 0.191 e. The Morgan fingerprint density at radius 1 is 1.06 bits per heavy atom. The molecule has 0 spiro atoms. The molecule has 1 heterocycles. The Labute approximate surface area is 207 Å². The van der Waals surface area contributed by atoms with Crippen LogP contribution in [0, 0.1) is 0 Å². The van der Waals surface area contributed by atoms with E-state index in [1.54, 1.807) is 18.3 Å². The van der Waals surface area contributed by atoms with E-state index in [0.717, 1.165) is 36.6 Å². The molecule has 3 aromatic rings. The van der Waals surface area contributed by atoms with Crippen LogP contribution in [0.5, 0.6) is 0 Å². The summed E-state index contributed by atoms with van der Waals surface area (Å²) in [6.45, 7) is 4.87. The first-order valence-corrected chi connectivity index (χ1v) is 12.2. The number of benzene rings is 2. The fourth-order valence-corrected chi connectivity index (χ4v) is 3.79. The minimum absolute atomic E-state index is 0. The zero-order valence-corrected chi connectivity index (χ0v) is 21.5. The van der Waals surface area contributed by atoms with Gasteiger partial charge in [0.25, 0.3) is 0 Å². The van der Waals surface area contributed by atoms with Crippen molar-refractivity contribution in [3.05, 3.63) is 83.9 Å². The fraction of sp³-hybridized carbons (Fsp3) is 0.304. The molecule has 0 aliphatic carbocycles. The first-order chi connectivity index (χ1) is 14.9. The maximum absolute atomic E-state index is 11.6. The summed E-state index contributed by atoms with van der Waals surface area (Å²) in [5.41, 5.74) is 3.43. The summed E-state index contributed by atoms with van der Waals surface area (Å²) in [6.07, 6.45) is 7.53. The van der Waals surface area contributed by atoms with Crippen molar-refractivity contribution in [2.75, 3.05) is 19.3 Å². The van der Waals surface area contributed by atoms with Crippen LogP contribution in [0.4, 0.5) is 0 Å². The van der Waals surface area contributed by atoms with Gasteiger partial charge in [0.1, 0.15) is 0 Å². The van der Waals surface area contributed by atoms with Gasteiger partial charge in [0.15, 0.2) is 15.8 Å². The van der Waals surface area contributed by atoms with Crippen LogP contribution in [0.3, 0.4) is 0 Å². The standard InChI is InChI=1S/C23H29N5O2S.HI/c1-3-25-23(26-12-11-19-7-9-22(10-8-19)31(2,29)30)27-16-20-5-4-6-21(15-20)17-28-14-13-24-18-28;/h4-10,13-15,18H,3,11-12,16-17H2,1-2H3,(H2,25,26,27);1H. The van der Waals surface area contributed by atoms with Crippen molar-refractivity contribution in [1.29, 1.82) is 0 Å². The number of aliphatic imine (C=N–C) groups is 1. The van der Waals surface area contributed by atoms with E-state index in [9.17, 15) is 8.42 Å². The highest BCUT2D eigenvalue weighted by atomic mass is 127. The summed E-state index contributed by atoms with van der Waals surface area (Å²) in [5.74, 6) is 0.760. The number of nitrogens with zero attached hydrogens (tertiary/aromatic N) is 3. The summed E-state index contributed by atoms with van der Waals surface area (Å²) >= 11 is 0. The molecule has 0 saturated carbocycles. The van der Waals surface area contributed by atoms with E-state index in [4.69, 9.17) is 4.99 Å². The molecule has 0 aliphatic heterocycles. The molecule has 0 unspecified atom stereocenters. The van der Waals surface area contributed by atoms with Gasteiger partial charge < -0.3 is 15.2 Å². The first-order valence-electron chi connectivity index (χ1n) is 10.3. The number of guanidine groups is 1. The molecule has 1 aromatic heterocycles. The average Bonchev–Trinajstić information content (AvgIpc) is 3.25. The zero-order chi connectivity index (χ0) is 22.1. The second kappa shape index (κ2) is 12.6. The Hall–Kier alpha value is -2.40. The molecule has 172 valence electrons. The molecule has 0 radical (unpaired) electrons. The predicted molar refractivity (Wildman–Crippen MR) is 139 cm³/mol. The Balaban J connectivity index is 0.00000363. The second-order valence-corrected chi connectivity index (χ2v) is 9.36. The van der Waals surface area contributed by atoms with Crippen molar-refractivity contribution < 1.29 is 8.42 Å². The molecular weight excluding hydrogens is 537 g/mol.